The van der Waals surface area contributed by atoms with Gasteiger partial charge in [0, 0.05) is 53.5 Å². The topological polar surface area (TPSA) is 23.0 Å². The molecule has 0 atom stereocenters. The second kappa shape index (κ2) is 12.1. The highest BCUT2D eigenvalue weighted by Crippen LogP contribution is 2.43. The summed E-state index contributed by atoms with van der Waals surface area (Å²) in [4.78, 5) is 0. The molecule has 0 aliphatic heterocycles. The van der Waals surface area contributed by atoms with E-state index < -0.39 is 0 Å². The molecule has 13 rings (SSSR count). The number of fused-ring (bicyclic) bond motifs is 12. The van der Waals surface area contributed by atoms with Gasteiger partial charge in [0.05, 0.1) is 32.5 Å². The van der Waals surface area contributed by atoms with Crippen molar-refractivity contribution in [3.05, 3.63) is 194 Å². The molecule has 0 aliphatic rings. The van der Waals surface area contributed by atoms with E-state index in [0.29, 0.717) is 0 Å². The highest BCUT2D eigenvalue weighted by molar-refractivity contribution is 7.26. The molecule has 4 heteroatoms. The molecule has 0 amide bonds. The Morgan fingerprint density at radius 3 is 1.59 bits per heavy atom. The molecule has 58 heavy (non-hydrogen) atoms. The van der Waals surface area contributed by atoms with Crippen LogP contribution in [0, 0.1) is 0 Å². The number of thiophene rings is 1. The van der Waals surface area contributed by atoms with Gasteiger partial charge in [0.25, 0.3) is 0 Å². The summed E-state index contributed by atoms with van der Waals surface area (Å²) in [6.07, 6.45) is 0. The van der Waals surface area contributed by atoms with Crippen LogP contribution in [0.15, 0.2) is 199 Å². The van der Waals surface area contributed by atoms with Gasteiger partial charge in [0.2, 0.25) is 0 Å². The fourth-order valence-electron chi connectivity index (χ4n) is 9.46. The van der Waals surface area contributed by atoms with Crippen LogP contribution >= 0.6 is 11.3 Å². The van der Waals surface area contributed by atoms with Crippen molar-refractivity contribution in [3.63, 3.8) is 0 Å². The van der Waals surface area contributed by atoms with Gasteiger partial charge in [-0.25, -0.2) is 0 Å². The molecule has 270 valence electrons. The van der Waals surface area contributed by atoms with Crippen LogP contribution in [-0.4, -0.2) is 9.13 Å². The molecule has 0 bridgehead atoms. The first kappa shape index (κ1) is 31.8. The molecule has 0 N–H and O–H groups in total. The molecule has 9 aromatic carbocycles. The summed E-state index contributed by atoms with van der Waals surface area (Å²) < 4.78 is 13.7. The first-order valence-electron chi connectivity index (χ1n) is 19.7. The van der Waals surface area contributed by atoms with Gasteiger partial charge in [-0.1, -0.05) is 109 Å². The van der Waals surface area contributed by atoms with Gasteiger partial charge >= 0.3 is 0 Å². The van der Waals surface area contributed by atoms with Gasteiger partial charge in [0.15, 0.2) is 0 Å². The maximum atomic E-state index is 6.21. The van der Waals surface area contributed by atoms with Gasteiger partial charge in [-0.2, -0.15) is 0 Å². The van der Waals surface area contributed by atoms with Gasteiger partial charge in [-0.3, -0.25) is 0 Å². The van der Waals surface area contributed by atoms with Crippen molar-refractivity contribution in [2.24, 2.45) is 0 Å². The highest BCUT2D eigenvalue weighted by Gasteiger charge is 2.19. The molecular weight excluding hydrogens is 725 g/mol. The number of hydrogen-bond acceptors (Lipinski definition) is 2. The Balaban J connectivity index is 1.05. The van der Waals surface area contributed by atoms with Crippen LogP contribution in [-0.2, 0) is 0 Å². The average molecular weight is 757 g/mol. The minimum absolute atomic E-state index is 0.910. The average Bonchev–Trinajstić information content (AvgIpc) is 4.03. The fourth-order valence-corrected chi connectivity index (χ4v) is 10.7. The summed E-state index contributed by atoms with van der Waals surface area (Å²) in [6, 6.07) is 70.8. The van der Waals surface area contributed by atoms with Gasteiger partial charge in [-0.15, -0.1) is 11.3 Å². The van der Waals surface area contributed by atoms with Crippen LogP contribution in [0.5, 0.6) is 0 Å². The van der Waals surface area contributed by atoms with E-state index >= 15 is 0 Å². The smallest absolute Gasteiger partial charge is 0.135 e. The van der Waals surface area contributed by atoms with E-state index in [4.69, 9.17) is 4.42 Å². The van der Waals surface area contributed by atoms with Crippen molar-refractivity contribution in [3.8, 4) is 33.6 Å². The largest absolute Gasteiger partial charge is 0.456 e. The molecule has 3 nitrogen and oxygen atoms in total. The molecule has 0 spiro atoms. The van der Waals surface area contributed by atoms with Crippen LogP contribution in [0.2, 0.25) is 0 Å². The molecule has 0 saturated carbocycles. The Morgan fingerprint density at radius 1 is 0.328 bits per heavy atom. The summed E-state index contributed by atoms with van der Waals surface area (Å²) >= 11 is 1.88. The predicted molar refractivity (Wildman–Crippen MR) is 246 cm³/mol. The summed E-state index contributed by atoms with van der Waals surface area (Å²) in [6.45, 7) is 0. The van der Waals surface area contributed by atoms with Gasteiger partial charge in [0.1, 0.15) is 11.2 Å². The Morgan fingerprint density at radius 2 is 0.845 bits per heavy atom. The number of aromatic nitrogens is 2. The van der Waals surface area contributed by atoms with Crippen molar-refractivity contribution >= 4 is 97.1 Å². The van der Waals surface area contributed by atoms with E-state index in [2.05, 4.69) is 191 Å². The third-order valence-corrected chi connectivity index (χ3v) is 13.3. The lowest BCUT2D eigenvalue weighted by atomic mass is 9.98. The third-order valence-electron chi connectivity index (χ3n) is 12.1. The number of furan rings is 1. The monoisotopic (exact) mass is 756 g/mol. The van der Waals surface area contributed by atoms with E-state index in [1.54, 1.807) is 0 Å². The van der Waals surface area contributed by atoms with Gasteiger partial charge < -0.3 is 13.6 Å². The molecule has 4 aromatic heterocycles. The molecule has 13 aromatic rings. The quantitative estimate of drug-likeness (QED) is 0.175. The van der Waals surface area contributed by atoms with Crippen LogP contribution in [0.25, 0.3) is 119 Å². The zero-order valence-electron chi connectivity index (χ0n) is 31.2. The van der Waals surface area contributed by atoms with Crippen LogP contribution in [0.4, 0.5) is 0 Å². The zero-order valence-corrected chi connectivity index (χ0v) is 32.0. The Bertz CT molecular complexity index is 3800. The number of hydrogen-bond donors (Lipinski definition) is 0. The Kier molecular flexibility index (Phi) is 6.60. The van der Waals surface area contributed by atoms with Crippen molar-refractivity contribution in [1.29, 1.82) is 0 Å². The zero-order chi connectivity index (χ0) is 37.9. The Hall–Kier alpha value is -7.40. The number of benzene rings is 9. The number of rotatable bonds is 4. The van der Waals surface area contributed by atoms with E-state index in [1.165, 1.54) is 97.4 Å². The second-order valence-electron chi connectivity index (χ2n) is 15.3. The first-order chi connectivity index (χ1) is 28.7. The fraction of sp³-hybridized carbons (Fsp3) is 0. The maximum Gasteiger partial charge on any atom is 0.135 e. The summed E-state index contributed by atoms with van der Waals surface area (Å²) in [5, 5.41) is 9.84. The first-order valence-corrected chi connectivity index (χ1v) is 20.6. The Labute approximate surface area is 336 Å². The summed E-state index contributed by atoms with van der Waals surface area (Å²) in [7, 11) is 0. The molecule has 0 saturated heterocycles. The molecule has 4 heterocycles. The second-order valence-corrected chi connectivity index (χ2v) is 16.3. The van der Waals surface area contributed by atoms with Crippen molar-refractivity contribution < 1.29 is 4.42 Å². The minimum atomic E-state index is 0.910. The lowest BCUT2D eigenvalue weighted by Gasteiger charge is -2.10. The van der Waals surface area contributed by atoms with E-state index in [9.17, 15) is 0 Å². The predicted octanol–water partition coefficient (Wildman–Crippen LogP) is 15.5. The SMILES string of the molecule is c1ccc(-n2c3ccccc3c3cc(-c4ccc5c(c4)c4cc(-c6ccc7oc8ccccc8c7c6)ccc4n5-c4cccc5c4sc4ccccc45)ccc32)cc1. The van der Waals surface area contributed by atoms with Crippen LogP contribution in [0.1, 0.15) is 0 Å². The lowest BCUT2D eigenvalue weighted by molar-refractivity contribution is 0.669. The number of para-hydroxylation sites is 3. The summed E-state index contributed by atoms with van der Waals surface area (Å²) in [5.74, 6) is 0. The highest BCUT2D eigenvalue weighted by atomic mass is 32.1. The summed E-state index contributed by atoms with van der Waals surface area (Å²) in [5.41, 5.74) is 13.8. The standard InChI is InChI=1S/C54H32N2OS/c1-2-11-37(12-3-1)55-46-17-7-4-13-38(46)42-29-33(21-25-47(42)55)34-22-26-48-43(30-34)44-31-35(36-24-28-52-45(32-36)39-14-5-8-19-51(39)57-52)23-27-49(44)56(48)50-18-10-16-41-40-15-6-9-20-53(40)58-54(41)50/h1-32H. The molecule has 0 aliphatic carbocycles. The van der Waals surface area contributed by atoms with Crippen LogP contribution in [0.3, 0.4) is 0 Å². The third kappa shape index (κ3) is 4.55. The van der Waals surface area contributed by atoms with E-state index in [-0.39, 0.29) is 0 Å². The minimum Gasteiger partial charge on any atom is -0.456 e. The lowest BCUT2D eigenvalue weighted by Crippen LogP contribution is -1.94. The van der Waals surface area contributed by atoms with Gasteiger partial charge in [-0.05, 0) is 107 Å². The van der Waals surface area contributed by atoms with Crippen molar-refractivity contribution in [2.45, 2.75) is 0 Å². The maximum absolute atomic E-state index is 6.21. The molecular formula is C54H32N2OS. The van der Waals surface area contributed by atoms with Crippen LogP contribution < -0.4 is 0 Å². The van der Waals surface area contributed by atoms with E-state index in [1.807, 2.05) is 23.5 Å². The molecule has 0 unspecified atom stereocenters. The normalized spacial score (nSPS) is 12.1. The van der Waals surface area contributed by atoms with Crippen molar-refractivity contribution in [1.82, 2.24) is 9.13 Å². The molecule has 0 radical (unpaired) electrons. The number of nitrogens with zero attached hydrogens (tertiary/aromatic N) is 2. The van der Waals surface area contributed by atoms with Crippen molar-refractivity contribution in [2.75, 3.05) is 0 Å². The van der Waals surface area contributed by atoms with E-state index in [0.717, 1.165) is 21.9 Å². The molecule has 0 fully saturated rings.